The highest BCUT2D eigenvalue weighted by Crippen LogP contribution is 2.19. The number of para-hydroxylation sites is 2. The lowest BCUT2D eigenvalue weighted by Crippen LogP contribution is -2.50. The maximum atomic E-state index is 12.5. The molecular weight excluding hydrogens is 314 g/mol. The number of anilines is 1. The quantitative estimate of drug-likeness (QED) is 0.799. The van der Waals surface area contributed by atoms with E-state index in [0.717, 1.165) is 29.1 Å². The van der Waals surface area contributed by atoms with Crippen LogP contribution in [-0.2, 0) is 11.3 Å². The first-order chi connectivity index (χ1) is 12.2. The molecule has 6 nitrogen and oxygen atoms in total. The average Bonchev–Trinajstić information content (AvgIpc) is 3.08. The zero-order valence-electron chi connectivity index (χ0n) is 13.6. The molecule has 1 fully saturated rings. The molecule has 124 valence electrons. The molecule has 0 radical (unpaired) electrons. The van der Waals surface area contributed by atoms with Gasteiger partial charge in [0, 0.05) is 19.6 Å². The number of carbonyl (C=O) groups excluding carboxylic acids is 1. The van der Waals surface area contributed by atoms with Gasteiger partial charge in [-0.05, 0) is 29.8 Å². The molecule has 1 saturated heterocycles. The summed E-state index contributed by atoms with van der Waals surface area (Å²) in [6, 6.07) is 17.3. The predicted octanol–water partition coefficient (Wildman–Crippen LogP) is 2.28. The second-order valence-electron chi connectivity index (χ2n) is 6.12. The molecule has 2 heterocycles. The lowest BCUT2D eigenvalue weighted by Gasteiger charge is -2.34. The number of aromatic nitrogens is 2. The van der Waals surface area contributed by atoms with Crippen molar-refractivity contribution in [3.8, 4) is 6.07 Å². The summed E-state index contributed by atoms with van der Waals surface area (Å²) in [5.41, 5.74) is 3.55. The normalized spacial score (nSPS) is 14.8. The molecular formula is C19H17N5O. The average molecular weight is 331 g/mol. The SMILES string of the molecule is N#Cc1ccc(CN2CCN(c3nc4ccccc4[nH]3)CC2=O)cc1. The highest BCUT2D eigenvalue weighted by molar-refractivity contribution is 5.83. The van der Waals surface area contributed by atoms with Crippen molar-refractivity contribution in [3.63, 3.8) is 0 Å². The minimum absolute atomic E-state index is 0.0797. The van der Waals surface area contributed by atoms with Gasteiger partial charge in [0.05, 0.1) is 29.2 Å². The number of fused-ring (bicyclic) bond motifs is 1. The molecule has 1 N–H and O–H groups in total. The van der Waals surface area contributed by atoms with Gasteiger partial charge < -0.3 is 14.8 Å². The second kappa shape index (κ2) is 6.29. The topological polar surface area (TPSA) is 76.0 Å². The Balaban J connectivity index is 1.44. The van der Waals surface area contributed by atoms with Gasteiger partial charge in [0.25, 0.3) is 0 Å². The predicted molar refractivity (Wildman–Crippen MR) is 94.9 cm³/mol. The van der Waals surface area contributed by atoms with Crippen molar-refractivity contribution in [3.05, 3.63) is 59.7 Å². The number of nitrogens with one attached hydrogen (secondary N) is 1. The van der Waals surface area contributed by atoms with Crippen LogP contribution in [0.15, 0.2) is 48.5 Å². The fraction of sp³-hybridized carbons (Fsp3) is 0.211. The monoisotopic (exact) mass is 331 g/mol. The van der Waals surface area contributed by atoms with E-state index in [-0.39, 0.29) is 5.91 Å². The van der Waals surface area contributed by atoms with Crippen LogP contribution in [0.3, 0.4) is 0 Å². The van der Waals surface area contributed by atoms with E-state index in [1.54, 1.807) is 12.1 Å². The van der Waals surface area contributed by atoms with Crippen LogP contribution in [0.2, 0.25) is 0 Å². The smallest absolute Gasteiger partial charge is 0.242 e. The van der Waals surface area contributed by atoms with Crippen molar-refractivity contribution in [1.82, 2.24) is 14.9 Å². The number of aromatic amines is 1. The van der Waals surface area contributed by atoms with E-state index in [2.05, 4.69) is 16.0 Å². The summed E-state index contributed by atoms with van der Waals surface area (Å²) >= 11 is 0. The zero-order valence-corrected chi connectivity index (χ0v) is 13.6. The molecule has 3 aromatic rings. The molecule has 4 rings (SSSR count). The van der Waals surface area contributed by atoms with Gasteiger partial charge in [-0.1, -0.05) is 24.3 Å². The Morgan fingerprint density at radius 2 is 1.92 bits per heavy atom. The molecule has 6 heteroatoms. The first-order valence-electron chi connectivity index (χ1n) is 8.19. The number of H-pyrrole nitrogens is 1. The number of benzene rings is 2. The van der Waals surface area contributed by atoms with E-state index >= 15 is 0 Å². The van der Waals surface area contributed by atoms with Crippen LogP contribution in [0.4, 0.5) is 5.95 Å². The van der Waals surface area contributed by atoms with Crippen LogP contribution in [-0.4, -0.2) is 40.4 Å². The minimum Gasteiger partial charge on any atom is -0.335 e. The maximum Gasteiger partial charge on any atom is 0.242 e. The van der Waals surface area contributed by atoms with Crippen molar-refractivity contribution in [1.29, 1.82) is 5.26 Å². The number of nitriles is 1. The van der Waals surface area contributed by atoms with Gasteiger partial charge in [0.2, 0.25) is 11.9 Å². The molecule has 25 heavy (non-hydrogen) atoms. The van der Waals surface area contributed by atoms with Crippen molar-refractivity contribution >= 4 is 22.9 Å². The Kier molecular flexibility index (Phi) is 3.82. The molecule has 1 aliphatic rings. The van der Waals surface area contributed by atoms with E-state index in [4.69, 9.17) is 5.26 Å². The number of amides is 1. The number of hydrogen-bond acceptors (Lipinski definition) is 4. The summed E-state index contributed by atoms with van der Waals surface area (Å²) in [6.07, 6.45) is 0. The zero-order chi connectivity index (χ0) is 17.2. The molecule has 1 aromatic heterocycles. The minimum atomic E-state index is 0.0797. The maximum absolute atomic E-state index is 12.5. The van der Waals surface area contributed by atoms with Crippen LogP contribution in [0.25, 0.3) is 11.0 Å². The molecule has 0 bridgehead atoms. The first-order valence-corrected chi connectivity index (χ1v) is 8.19. The summed E-state index contributed by atoms with van der Waals surface area (Å²) in [5.74, 6) is 0.823. The fourth-order valence-electron chi connectivity index (χ4n) is 3.05. The third kappa shape index (κ3) is 3.04. The Morgan fingerprint density at radius 3 is 2.64 bits per heavy atom. The molecule has 1 aliphatic heterocycles. The van der Waals surface area contributed by atoms with Gasteiger partial charge in [-0.3, -0.25) is 4.79 Å². The first kappa shape index (κ1) is 15.2. The summed E-state index contributed by atoms with van der Waals surface area (Å²) in [4.78, 5) is 24.2. The largest absolute Gasteiger partial charge is 0.335 e. The van der Waals surface area contributed by atoms with Crippen LogP contribution < -0.4 is 4.90 Å². The van der Waals surface area contributed by atoms with Gasteiger partial charge in [-0.15, -0.1) is 0 Å². The number of piperazine rings is 1. The summed E-state index contributed by atoms with van der Waals surface area (Å²) in [5, 5.41) is 8.85. The van der Waals surface area contributed by atoms with Gasteiger partial charge in [-0.2, -0.15) is 5.26 Å². The van der Waals surface area contributed by atoms with E-state index < -0.39 is 0 Å². The van der Waals surface area contributed by atoms with Crippen molar-refractivity contribution in [2.75, 3.05) is 24.5 Å². The number of nitrogens with zero attached hydrogens (tertiary/aromatic N) is 4. The van der Waals surface area contributed by atoms with Gasteiger partial charge in [0.15, 0.2) is 0 Å². The third-order valence-electron chi connectivity index (χ3n) is 4.45. The van der Waals surface area contributed by atoms with Crippen molar-refractivity contribution < 1.29 is 4.79 Å². The Hall–Kier alpha value is -3.33. The van der Waals surface area contributed by atoms with E-state index in [0.29, 0.717) is 25.2 Å². The summed E-state index contributed by atoms with van der Waals surface area (Å²) in [6.45, 7) is 2.27. The number of rotatable bonds is 3. The number of imidazole rings is 1. The number of hydrogen-bond donors (Lipinski definition) is 1. The van der Waals surface area contributed by atoms with Crippen LogP contribution in [0.1, 0.15) is 11.1 Å². The highest BCUT2D eigenvalue weighted by Gasteiger charge is 2.25. The van der Waals surface area contributed by atoms with Crippen LogP contribution >= 0.6 is 0 Å². The lowest BCUT2D eigenvalue weighted by atomic mass is 10.1. The summed E-state index contributed by atoms with van der Waals surface area (Å²) < 4.78 is 0. The Labute approximate surface area is 145 Å². The standard InChI is InChI=1S/C19H17N5O/c20-11-14-5-7-15(8-6-14)12-23-9-10-24(13-18(23)25)19-21-16-3-1-2-4-17(16)22-19/h1-8H,9-10,12-13H2,(H,21,22). The van der Waals surface area contributed by atoms with Crippen LogP contribution in [0, 0.1) is 11.3 Å². The van der Waals surface area contributed by atoms with E-state index in [9.17, 15) is 4.79 Å². The molecule has 0 saturated carbocycles. The Morgan fingerprint density at radius 1 is 1.12 bits per heavy atom. The summed E-state index contributed by atoms with van der Waals surface area (Å²) in [7, 11) is 0. The molecule has 0 atom stereocenters. The van der Waals surface area contributed by atoms with Crippen molar-refractivity contribution in [2.24, 2.45) is 0 Å². The molecule has 0 spiro atoms. The van der Waals surface area contributed by atoms with Crippen LogP contribution in [0.5, 0.6) is 0 Å². The Bertz CT molecular complexity index is 921. The second-order valence-corrected chi connectivity index (χ2v) is 6.12. The lowest BCUT2D eigenvalue weighted by molar-refractivity contribution is -0.131. The van der Waals surface area contributed by atoms with Gasteiger partial charge >= 0.3 is 0 Å². The molecule has 1 amide bonds. The van der Waals surface area contributed by atoms with Gasteiger partial charge in [0.1, 0.15) is 0 Å². The molecule has 0 unspecified atom stereocenters. The van der Waals surface area contributed by atoms with E-state index in [1.807, 2.05) is 46.2 Å². The van der Waals surface area contributed by atoms with E-state index in [1.165, 1.54) is 0 Å². The molecule has 0 aliphatic carbocycles. The number of carbonyl (C=O) groups is 1. The highest BCUT2D eigenvalue weighted by atomic mass is 16.2. The third-order valence-corrected chi connectivity index (χ3v) is 4.45. The fourth-order valence-corrected chi connectivity index (χ4v) is 3.05. The van der Waals surface area contributed by atoms with Crippen molar-refractivity contribution in [2.45, 2.75) is 6.54 Å². The molecule has 2 aromatic carbocycles. The van der Waals surface area contributed by atoms with Gasteiger partial charge in [-0.25, -0.2) is 4.98 Å².